The Hall–Kier alpha value is -2.14. The van der Waals surface area contributed by atoms with Crippen molar-refractivity contribution in [2.45, 2.75) is 12.1 Å². The van der Waals surface area contributed by atoms with Crippen molar-refractivity contribution < 1.29 is 52.7 Å². The van der Waals surface area contributed by atoms with Gasteiger partial charge in [-0.05, 0) is 12.1 Å². The molecule has 1 rings (SSSR count). The van der Waals surface area contributed by atoms with Crippen LogP contribution in [0.15, 0.2) is 24.3 Å². The Bertz CT molecular complexity index is 656. The van der Waals surface area contributed by atoms with Gasteiger partial charge in [0.25, 0.3) is 0 Å². The zero-order valence-corrected chi connectivity index (χ0v) is 10.7. The summed E-state index contributed by atoms with van der Waals surface area (Å²) in [5.41, 5.74) is -7.74. The van der Waals surface area contributed by atoms with Crippen LogP contribution in [0.1, 0.15) is 16.7 Å². The van der Waals surface area contributed by atoms with Crippen LogP contribution in [0.2, 0.25) is 0 Å². The molecule has 0 saturated carbocycles. The van der Waals surface area contributed by atoms with Crippen molar-refractivity contribution in [3.63, 3.8) is 0 Å². The van der Waals surface area contributed by atoms with Crippen LogP contribution in [0, 0.1) is 5.82 Å². The van der Waals surface area contributed by atoms with Gasteiger partial charge in [0, 0.05) is 11.1 Å². The molecule has 1 aromatic carbocycles. The van der Waals surface area contributed by atoms with Gasteiger partial charge in [-0.3, -0.25) is 0 Å². The number of hydrogen-bond donors (Lipinski definition) is 0. The number of benzene rings is 1. The second-order valence-corrected chi connectivity index (χ2v) is 4.10. The number of alkyl halides is 5. The molecule has 24 heavy (non-hydrogen) atoms. The molecule has 0 N–H and O–H groups in total. The minimum absolute atomic E-state index is 0.531. The maximum absolute atomic E-state index is 13.4. The highest BCUT2D eigenvalue weighted by Gasteiger charge is 2.61. The Morgan fingerprint density at radius 3 is 1.25 bits per heavy atom. The fraction of sp³-hybridized carbons (Fsp3) is 0.167. The average Bonchev–Trinajstić information content (AvgIpc) is 2.42. The van der Waals surface area contributed by atoms with Gasteiger partial charge < -0.3 is 0 Å². The van der Waals surface area contributed by atoms with E-state index in [0.29, 0.717) is 0 Å². The molecule has 0 aliphatic carbocycles. The van der Waals surface area contributed by atoms with Crippen molar-refractivity contribution in [2.24, 2.45) is 0 Å². The van der Waals surface area contributed by atoms with Crippen LogP contribution >= 0.6 is 0 Å². The van der Waals surface area contributed by atoms with E-state index in [0.717, 1.165) is 0 Å². The highest BCUT2D eigenvalue weighted by molar-refractivity contribution is 5.73. The third kappa shape index (κ3) is 3.51. The number of halogens is 12. The van der Waals surface area contributed by atoms with Crippen molar-refractivity contribution in [3.05, 3.63) is 46.8 Å². The first kappa shape index (κ1) is 19.9. The molecule has 0 radical (unpaired) electrons. The van der Waals surface area contributed by atoms with Crippen LogP contribution in [0.25, 0.3) is 11.7 Å². The monoisotopic (exact) mass is 374 g/mol. The molecule has 0 aliphatic heterocycles. The van der Waals surface area contributed by atoms with Crippen molar-refractivity contribution in [2.75, 3.05) is 0 Å². The first-order chi connectivity index (χ1) is 10.7. The third-order valence-corrected chi connectivity index (χ3v) is 2.58. The minimum atomic E-state index is -6.60. The second-order valence-electron chi connectivity index (χ2n) is 4.10. The Balaban J connectivity index is 4.08. The number of rotatable bonds is 3. The summed E-state index contributed by atoms with van der Waals surface area (Å²) in [4.78, 5) is 0. The lowest BCUT2D eigenvalue weighted by Gasteiger charge is -2.24. The van der Waals surface area contributed by atoms with Crippen LogP contribution in [-0.2, 0) is 5.92 Å². The molecule has 0 atom stereocenters. The van der Waals surface area contributed by atoms with Gasteiger partial charge >= 0.3 is 24.3 Å². The van der Waals surface area contributed by atoms with Crippen molar-refractivity contribution in [1.29, 1.82) is 0 Å². The summed E-state index contributed by atoms with van der Waals surface area (Å²) < 4.78 is 152. The molecule has 0 heterocycles. The van der Waals surface area contributed by atoms with Gasteiger partial charge in [-0.25, -0.2) is 13.2 Å². The van der Waals surface area contributed by atoms with Gasteiger partial charge in [0.2, 0.25) is 0 Å². The largest absolute Gasteiger partial charge is 0.458 e. The molecule has 1 aromatic rings. The molecule has 12 heteroatoms. The average molecular weight is 374 g/mol. The van der Waals surface area contributed by atoms with Crippen molar-refractivity contribution >= 4 is 11.7 Å². The molecule has 0 nitrogen and oxygen atoms in total. The zero-order chi connectivity index (χ0) is 19.0. The summed E-state index contributed by atoms with van der Waals surface area (Å²) in [5, 5.41) is 0. The lowest BCUT2D eigenvalue weighted by Crippen LogP contribution is -2.35. The second kappa shape index (κ2) is 6.40. The van der Waals surface area contributed by atoms with Gasteiger partial charge in [0.15, 0.2) is 11.7 Å². The van der Waals surface area contributed by atoms with Gasteiger partial charge in [0.1, 0.15) is 5.82 Å². The first-order valence-corrected chi connectivity index (χ1v) is 5.42. The molecule has 0 saturated heterocycles. The highest BCUT2D eigenvalue weighted by Crippen LogP contribution is 2.50. The first-order valence-electron chi connectivity index (χ1n) is 5.42. The van der Waals surface area contributed by atoms with E-state index < -0.39 is 70.6 Å². The third-order valence-electron chi connectivity index (χ3n) is 2.58. The molecular weight excluding hydrogens is 372 g/mol. The fourth-order valence-corrected chi connectivity index (χ4v) is 1.64. The minimum Gasteiger partial charge on any atom is -0.207 e. The van der Waals surface area contributed by atoms with Gasteiger partial charge in [-0.15, -0.1) is 0 Å². The Kier molecular flexibility index (Phi) is 5.31. The summed E-state index contributed by atoms with van der Waals surface area (Å²) in [5.74, 6) is -14.4. The van der Waals surface area contributed by atoms with E-state index in [4.69, 9.17) is 0 Å². The van der Waals surface area contributed by atoms with E-state index in [2.05, 4.69) is 0 Å². The van der Waals surface area contributed by atoms with Crippen LogP contribution < -0.4 is 0 Å². The Morgan fingerprint density at radius 2 is 1.00 bits per heavy atom. The summed E-state index contributed by atoms with van der Waals surface area (Å²) in [6.45, 7) is 0. The van der Waals surface area contributed by atoms with Crippen LogP contribution in [0.3, 0.4) is 0 Å². The highest BCUT2D eigenvalue weighted by atomic mass is 19.4. The predicted octanol–water partition coefficient (Wildman–Crippen LogP) is 6.55. The molecule has 0 aromatic heterocycles. The molecule has 0 unspecified atom stereocenters. The summed E-state index contributed by atoms with van der Waals surface area (Å²) in [6.07, 6.45) is -13.5. The molecule has 134 valence electrons. The molecule has 0 bridgehead atoms. The zero-order valence-electron chi connectivity index (χ0n) is 10.7. The Morgan fingerprint density at radius 1 is 0.667 bits per heavy atom. The van der Waals surface area contributed by atoms with Crippen molar-refractivity contribution in [3.8, 4) is 0 Å². The Labute approximate surface area is 124 Å². The SMILES string of the molecule is FC(F)=C(F)c1cc(F)cc(C(F)=C(F)F)c1C(F)(F)C(F)(F)F. The molecular formula is C12H2F12. The fourth-order valence-electron chi connectivity index (χ4n) is 1.64. The lowest BCUT2D eigenvalue weighted by atomic mass is 9.93. The summed E-state index contributed by atoms with van der Waals surface area (Å²) in [7, 11) is 0. The molecule has 0 fully saturated rings. The lowest BCUT2D eigenvalue weighted by molar-refractivity contribution is -0.289. The normalized spacial score (nSPS) is 12.2. The number of hydrogen-bond acceptors (Lipinski definition) is 0. The van der Waals surface area contributed by atoms with Gasteiger partial charge in [-0.1, -0.05) is 0 Å². The van der Waals surface area contributed by atoms with Crippen LogP contribution in [0.4, 0.5) is 52.7 Å². The quantitative estimate of drug-likeness (QED) is 0.527. The predicted molar refractivity (Wildman–Crippen MR) is 56.8 cm³/mol. The van der Waals surface area contributed by atoms with Crippen molar-refractivity contribution in [1.82, 2.24) is 0 Å². The maximum atomic E-state index is 13.4. The van der Waals surface area contributed by atoms with E-state index >= 15 is 0 Å². The van der Waals surface area contributed by atoms with E-state index in [1.54, 1.807) is 0 Å². The summed E-state index contributed by atoms with van der Waals surface area (Å²) >= 11 is 0. The molecule has 0 aliphatic rings. The standard InChI is InChI=1S/C12H2F12/c13-3-1-4(7(14)9(16)17)6(11(20,21)12(22,23)24)5(2-3)8(15)10(18)19/h1-2H. The topological polar surface area (TPSA) is 0 Å². The van der Waals surface area contributed by atoms with Crippen LogP contribution in [-0.4, -0.2) is 6.18 Å². The maximum Gasteiger partial charge on any atom is 0.458 e. The van der Waals surface area contributed by atoms with E-state index in [9.17, 15) is 52.7 Å². The van der Waals surface area contributed by atoms with Gasteiger partial charge in [0.05, 0.1) is 5.56 Å². The molecule has 0 amide bonds. The van der Waals surface area contributed by atoms with E-state index in [1.165, 1.54) is 0 Å². The van der Waals surface area contributed by atoms with E-state index in [-0.39, 0.29) is 0 Å². The van der Waals surface area contributed by atoms with E-state index in [1.807, 2.05) is 0 Å². The van der Waals surface area contributed by atoms with Crippen LogP contribution in [0.5, 0.6) is 0 Å². The summed E-state index contributed by atoms with van der Waals surface area (Å²) in [6, 6.07) is -1.06. The smallest absolute Gasteiger partial charge is 0.207 e. The molecule has 0 spiro atoms. The van der Waals surface area contributed by atoms with Gasteiger partial charge in [-0.2, -0.15) is 39.5 Å².